The Bertz CT molecular complexity index is 1070. The molecule has 0 bridgehead atoms. The van der Waals surface area contributed by atoms with Gasteiger partial charge >= 0.3 is 0 Å². The van der Waals surface area contributed by atoms with Crippen LogP contribution in [0.2, 0.25) is 0 Å². The number of nitrogens with one attached hydrogen (secondary N) is 1. The van der Waals surface area contributed by atoms with Gasteiger partial charge in [0, 0.05) is 18.9 Å². The van der Waals surface area contributed by atoms with Crippen molar-refractivity contribution in [2.45, 2.75) is 10.1 Å². The van der Waals surface area contributed by atoms with E-state index in [9.17, 15) is 22.0 Å². The van der Waals surface area contributed by atoms with E-state index in [2.05, 4.69) is 10.3 Å². The van der Waals surface area contributed by atoms with Gasteiger partial charge in [-0.15, -0.1) is 0 Å². The first-order valence-electron chi connectivity index (χ1n) is 8.31. The van der Waals surface area contributed by atoms with Crippen LogP contribution in [0.3, 0.4) is 0 Å². The molecule has 28 heavy (non-hydrogen) atoms. The second-order valence-corrected chi connectivity index (χ2v) is 8.09. The number of hydrogen-bond donors (Lipinski definition) is 1. The summed E-state index contributed by atoms with van der Waals surface area (Å²) in [5, 5.41) is 1.29. The molecule has 1 amide bonds. The third-order valence-electron chi connectivity index (χ3n) is 4.14. The van der Waals surface area contributed by atoms with Gasteiger partial charge in [0.15, 0.2) is 9.84 Å². The maximum Gasteiger partial charge on any atom is 0.254 e. The molecule has 3 aromatic rings. The lowest BCUT2D eigenvalue weighted by atomic mass is 10.2. The number of carbonyl (C=O) groups is 1. The van der Waals surface area contributed by atoms with E-state index in [1.54, 1.807) is 12.1 Å². The summed E-state index contributed by atoms with van der Waals surface area (Å²) < 4.78 is 53.1. The Labute approximate surface area is 161 Å². The summed E-state index contributed by atoms with van der Waals surface area (Å²) in [6.07, 6.45) is 2.87. The van der Waals surface area contributed by atoms with Gasteiger partial charge in [-0.05, 0) is 48.0 Å². The predicted molar refractivity (Wildman–Crippen MR) is 99.3 cm³/mol. The molecule has 1 atom stereocenters. The van der Waals surface area contributed by atoms with Crippen molar-refractivity contribution >= 4 is 15.7 Å². The van der Waals surface area contributed by atoms with Crippen LogP contribution in [0.4, 0.5) is 8.78 Å². The molecule has 1 N–H and O–H groups in total. The largest absolute Gasteiger partial charge is 0.350 e. The number of halogens is 2. The maximum atomic E-state index is 13.8. The zero-order chi connectivity index (χ0) is 20.1. The van der Waals surface area contributed by atoms with Crippen LogP contribution in [0.15, 0.2) is 78.0 Å². The van der Waals surface area contributed by atoms with Crippen molar-refractivity contribution in [2.75, 3.05) is 6.54 Å². The summed E-state index contributed by atoms with van der Waals surface area (Å²) in [6.45, 7) is -0.307. The van der Waals surface area contributed by atoms with E-state index in [0.717, 1.165) is 30.3 Å². The molecule has 0 aliphatic rings. The van der Waals surface area contributed by atoms with Gasteiger partial charge < -0.3 is 5.32 Å². The van der Waals surface area contributed by atoms with Crippen molar-refractivity contribution in [3.63, 3.8) is 0 Å². The minimum absolute atomic E-state index is 0.0945. The lowest BCUT2D eigenvalue weighted by molar-refractivity contribution is 0.0949. The van der Waals surface area contributed by atoms with Gasteiger partial charge in [0.25, 0.3) is 5.91 Å². The normalized spacial score (nSPS) is 12.4. The smallest absolute Gasteiger partial charge is 0.254 e. The second kappa shape index (κ2) is 8.26. The first kappa shape index (κ1) is 19.6. The fourth-order valence-corrected chi connectivity index (χ4v) is 4.33. The van der Waals surface area contributed by atoms with Crippen molar-refractivity contribution in [3.8, 4) is 0 Å². The standard InChI is InChI=1S/C20H16F2N2O3S/c21-15-7-9-16(10-8-15)28(26,27)19(14-4-3-11-23-12-14)13-24-20(25)17-5-1-2-6-18(17)22/h1-12,19H,13H2,(H,24,25)/t19-/m0/s1. The Kier molecular flexibility index (Phi) is 5.79. The summed E-state index contributed by atoms with van der Waals surface area (Å²) in [4.78, 5) is 16.1. The van der Waals surface area contributed by atoms with Crippen molar-refractivity contribution in [1.82, 2.24) is 10.3 Å². The monoisotopic (exact) mass is 402 g/mol. The lowest BCUT2D eigenvalue weighted by Gasteiger charge is -2.19. The molecule has 144 valence electrons. The quantitative estimate of drug-likeness (QED) is 0.642. The average molecular weight is 402 g/mol. The van der Waals surface area contributed by atoms with Crippen LogP contribution in [0.25, 0.3) is 0 Å². The van der Waals surface area contributed by atoms with Crippen molar-refractivity contribution in [2.24, 2.45) is 0 Å². The highest BCUT2D eigenvalue weighted by Crippen LogP contribution is 2.28. The number of aromatic nitrogens is 1. The van der Waals surface area contributed by atoms with Crippen LogP contribution in [0, 0.1) is 11.6 Å². The average Bonchev–Trinajstić information content (AvgIpc) is 2.69. The Balaban J connectivity index is 1.91. The molecular formula is C20H16F2N2O3S. The van der Waals surface area contributed by atoms with Gasteiger partial charge in [-0.25, -0.2) is 17.2 Å². The number of hydrogen-bond acceptors (Lipinski definition) is 4. The second-order valence-electron chi connectivity index (χ2n) is 5.96. The van der Waals surface area contributed by atoms with Gasteiger partial charge in [0.2, 0.25) is 0 Å². The number of sulfone groups is 1. The molecule has 1 aromatic heterocycles. The molecule has 8 heteroatoms. The number of pyridine rings is 1. The van der Waals surface area contributed by atoms with Gasteiger partial charge in [-0.3, -0.25) is 9.78 Å². The summed E-state index contributed by atoms with van der Waals surface area (Å²) in [7, 11) is -3.97. The molecule has 3 rings (SSSR count). The van der Waals surface area contributed by atoms with E-state index in [1.807, 2.05) is 0 Å². The van der Waals surface area contributed by atoms with E-state index >= 15 is 0 Å². The Morgan fingerprint density at radius 1 is 1.00 bits per heavy atom. The molecule has 5 nitrogen and oxygen atoms in total. The van der Waals surface area contributed by atoms with E-state index < -0.39 is 32.6 Å². The van der Waals surface area contributed by atoms with Crippen molar-refractivity contribution in [1.29, 1.82) is 0 Å². The molecule has 0 unspecified atom stereocenters. The summed E-state index contributed by atoms with van der Waals surface area (Å²) in [5.74, 6) is -2.01. The topological polar surface area (TPSA) is 76.1 Å². The Morgan fingerprint density at radius 3 is 2.36 bits per heavy atom. The van der Waals surface area contributed by atoms with Gasteiger partial charge in [0.05, 0.1) is 10.5 Å². The van der Waals surface area contributed by atoms with Crippen LogP contribution in [0.1, 0.15) is 21.2 Å². The highest BCUT2D eigenvalue weighted by Gasteiger charge is 2.30. The van der Waals surface area contributed by atoms with E-state index in [4.69, 9.17) is 0 Å². The van der Waals surface area contributed by atoms with Crippen LogP contribution < -0.4 is 5.32 Å². The number of benzene rings is 2. The van der Waals surface area contributed by atoms with Gasteiger partial charge in [-0.1, -0.05) is 18.2 Å². The van der Waals surface area contributed by atoms with E-state index in [0.29, 0.717) is 5.56 Å². The highest BCUT2D eigenvalue weighted by atomic mass is 32.2. The fourth-order valence-electron chi connectivity index (χ4n) is 2.69. The molecule has 0 fully saturated rings. The number of carbonyl (C=O) groups excluding carboxylic acids is 1. The number of nitrogens with zero attached hydrogens (tertiary/aromatic N) is 1. The van der Waals surface area contributed by atoms with Gasteiger partial charge in [-0.2, -0.15) is 0 Å². The molecule has 0 aliphatic heterocycles. The fraction of sp³-hybridized carbons (Fsp3) is 0.100. The summed E-state index contributed by atoms with van der Waals surface area (Å²) in [5.41, 5.74) is 0.160. The van der Waals surface area contributed by atoms with Crippen molar-refractivity contribution < 1.29 is 22.0 Å². The van der Waals surface area contributed by atoms with E-state index in [-0.39, 0.29) is 17.0 Å². The third-order valence-corrected chi connectivity index (χ3v) is 6.26. The van der Waals surface area contributed by atoms with Crippen LogP contribution >= 0.6 is 0 Å². The van der Waals surface area contributed by atoms with Crippen LogP contribution in [0.5, 0.6) is 0 Å². The minimum Gasteiger partial charge on any atom is -0.350 e. The first-order chi connectivity index (χ1) is 13.4. The first-order valence-corrected chi connectivity index (χ1v) is 9.86. The minimum atomic E-state index is -3.97. The molecule has 2 aromatic carbocycles. The van der Waals surface area contributed by atoms with Crippen LogP contribution in [-0.2, 0) is 9.84 Å². The Morgan fingerprint density at radius 2 is 1.71 bits per heavy atom. The molecule has 0 saturated carbocycles. The molecular weight excluding hydrogens is 386 g/mol. The summed E-state index contributed by atoms with van der Waals surface area (Å²) in [6, 6.07) is 12.9. The number of rotatable bonds is 6. The zero-order valence-electron chi connectivity index (χ0n) is 14.5. The molecule has 0 radical (unpaired) electrons. The number of amides is 1. The molecule has 0 saturated heterocycles. The van der Waals surface area contributed by atoms with E-state index in [1.165, 1.54) is 30.6 Å². The Hall–Kier alpha value is -3.13. The SMILES string of the molecule is O=C(NC[C@@H](c1cccnc1)S(=O)(=O)c1ccc(F)cc1)c1ccccc1F. The predicted octanol–water partition coefficient (Wildman–Crippen LogP) is 3.30. The van der Waals surface area contributed by atoms with Crippen LogP contribution in [-0.4, -0.2) is 25.9 Å². The summed E-state index contributed by atoms with van der Waals surface area (Å²) >= 11 is 0. The molecule has 0 spiro atoms. The lowest BCUT2D eigenvalue weighted by Crippen LogP contribution is -2.32. The van der Waals surface area contributed by atoms with Crippen molar-refractivity contribution in [3.05, 3.63) is 95.8 Å². The third kappa shape index (κ3) is 4.23. The molecule has 1 heterocycles. The zero-order valence-corrected chi connectivity index (χ0v) is 15.4. The maximum absolute atomic E-state index is 13.8. The molecule has 0 aliphatic carbocycles. The highest BCUT2D eigenvalue weighted by molar-refractivity contribution is 7.91. The van der Waals surface area contributed by atoms with Gasteiger partial charge in [0.1, 0.15) is 16.9 Å².